The van der Waals surface area contributed by atoms with Gasteiger partial charge in [-0.05, 0) is 81.9 Å². The van der Waals surface area contributed by atoms with Crippen LogP contribution < -0.4 is 10.0 Å². The van der Waals surface area contributed by atoms with Gasteiger partial charge in [0.1, 0.15) is 0 Å². The minimum atomic E-state index is -3.58. The Morgan fingerprint density at radius 3 is 2.52 bits per heavy atom. The number of likely N-dealkylation sites (tertiary alicyclic amines) is 1. The monoisotopic (exact) mass is 395 g/mol. The quantitative estimate of drug-likeness (QED) is 0.629. The Balaban J connectivity index is 1.63. The molecule has 0 atom stereocenters. The van der Waals surface area contributed by atoms with Crippen molar-refractivity contribution < 1.29 is 13.2 Å². The van der Waals surface area contributed by atoms with Crippen molar-refractivity contribution in [2.75, 3.05) is 32.7 Å². The molecule has 1 aliphatic heterocycles. The zero-order valence-electron chi connectivity index (χ0n) is 16.8. The van der Waals surface area contributed by atoms with Crippen LogP contribution in [0, 0.1) is 19.8 Å². The Kier molecular flexibility index (Phi) is 8.26. The SMILES string of the molecule is Cc1ccc(S(=O)(=O)NCCC(=O)NCCCN2CCC(C)CC2)cc1C. The summed E-state index contributed by atoms with van der Waals surface area (Å²) in [6.45, 7) is 10.2. The van der Waals surface area contributed by atoms with Crippen molar-refractivity contribution in [1.82, 2.24) is 14.9 Å². The number of hydrogen-bond acceptors (Lipinski definition) is 4. The highest BCUT2D eigenvalue weighted by Gasteiger charge is 2.16. The first-order valence-electron chi connectivity index (χ1n) is 9.84. The molecule has 6 nitrogen and oxygen atoms in total. The van der Waals surface area contributed by atoms with Crippen molar-refractivity contribution in [1.29, 1.82) is 0 Å². The second-order valence-corrected chi connectivity index (χ2v) is 9.39. The molecule has 1 amide bonds. The molecule has 152 valence electrons. The maximum absolute atomic E-state index is 12.3. The van der Waals surface area contributed by atoms with Crippen molar-refractivity contribution in [2.24, 2.45) is 5.92 Å². The molecule has 0 radical (unpaired) electrons. The number of nitrogens with one attached hydrogen (secondary N) is 2. The van der Waals surface area contributed by atoms with Gasteiger partial charge in [-0.1, -0.05) is 13.0 Å². The highest BCUT2D eigenvalue weighted by atomic mass is 32.2. The number of rotatable bonds is 9. The summed E-state index contributed by atoms with van der Waals surface area (Å²) in [6.07, 6.45) is 3.58. The van der Waals surface area contributed by atoms with Gasteiger partial charge in [0.2, 0.25) is 15.9 Å². The summed E-state index contributed by atoms with van der Waals surface area (Å²) < 4.78 is 27.1. The fraction of sp³-hybridized carbons (Fsp3) is 0.650. The first kappa shape index (κ1) is 21.9. The van der Waals surface area contributed by atoms with E-state index in [9.17, 15) is 13.2 Å². The minimum absolute atomic E-state index is 0.102. The number of piperidine rings is 1. The fourth-order valence-corrected chi connectivity index (χ4v) is 4.28. The van der Waals surface area contributed by atoms with E-state index in [1.807, 2.05) is 13.8 Å². The zero-order valence-corrected chi connectivity index (χ0v) is 17.6. The maximum Gasteiger partial charge on any atom is 0.240 e. The molecule has 1 aliphatic rings. The molecule has 2 N–H and O–H groups in total. The van der Waals surface area contributed by atoms with Crippen LogP contribution in [0.4, 0.5) is 0 Å². The van der Waals surface area contributed by atoms with Gasteiger partial charge < -0.3 is 10.2 Å². The summed E-state index contributed by atoms with van der Waals surface area (Å²) >= 11 is 0. The molecule has 0 aliphatic carbocycles. The van der Waals surface area contributed by atoms with Crippen LogP contribution in [-0.4, -0.2) is 51.9 Å². The topological polar surface area (TPSA) is 78.5 Å². The summed E-state index contributed by atoms with van der Waals surface area (Å²) in [5, 5.41) is 2.87. The number of nitrogens with zero attached hydrogens (tertiary/aromatic N) is 1. The third kappa shape index (κ3) is 7.24. The summed E-state index contributed by atoms with van der Waals surface area (Å²) in [5.41, 5.74) is 1.98. The predicted octanol–water partition coefficient (Wildman–Crippen LogP) is 2.21. The Hall–Kier alpha value is -1.44. The van der Waals surface area contributed by atoms with Crippen LogP contribution in [0.1, 0.15) is 43.7 Å². The Morgan fingerprint density at radius 2 is 1.85 bits per heavy atom. The van der Waals surface area contributed by atoms with Crippen molar-refractivity contribution in [2.45, 2.75) is 51.3 Å². The van der Waals surface area contributed by atoms with Gasteiger partial charge in [-0.3, -0.25) is 4.79 Å². The molecule has 1 heterocycles. The molecule has 1 aromatic carbocycles. The number of benzene rings is 1. The molecule has 0 spiro atoms. The van der Waals surface area contributed by atoms with Crippen LogP contribution in [0.5, 0.6) is 0 Å². The predicted molar refractivity (Wildman–Crippen MR) is 108 cm³/mol. The van der Waals surface area contributed by atoms with Gasteiger partial charge in [-0.2, -0.15) is 0 Å². The lowest BCUT2D eigenvalue weighted by Crippen LogP contribution is -2.36. The van der Waals surface area contributed by atoms with Gasteiger partial charge in [0.25, 0.3) is 0 Å². The van der Waals surface area contributed by atoms with E-state index < -0.39 is 10.0 Å². The van der Waals surface area contributed by atoms with Crippen molar-refractivity contribution in [3.63, 3.8) is 0 Å². The third-order valence-electron chi connectivity index (χ3n) is 5.28. The van der Waals surface area contributed by atoms with Gasteiger partial charge >= 0.3 is 0 Å². The number of sulfonamides is 1. The number of carbonyl (C=O) groups excluding carboxylic acids is 1. The van der Waals surface area contributed by atoms with E-state index in [-0.39, 0.29) is 23.8 Å². The molecule has 0 saturated carbocycles. The highest BCUT2D eigenvalue weighted by Crippen LogP contribution is 2.16. The van der Waals surface area contributed by atoms with Crippen LogP contribution in [0.2, 0.25) is 0 Å². The second-order valence-electron chi connectivity index (χ2n) is 7.62. The molecule has 7 heteroatoms. The molecule has 0 aromatic heterocycles. The summed E-state index contributed by atoms with van der Waals surface area (Å²) in [5.74, 6) is 0.707. The minimum Gasteiger partial charge on any atom is -0.356 e. The van der Waals surface area contributed by atoms with E-state index in [1.54, 1.807) is 18.2 Å². The van der Waals surface area contributed by atoms with E-state index in [0.717, 1.165) is 43.1 Å². The molecule has 27 heavy (non-hydrogen) atoms. The molecule has 1 fully saturated rings. The maximum atomic E-state index is 12.3. The number of aryl methyl sites for hydroxylation is 2. The average molecular weight is 396 g/mol. The standard InChI is InChI=1S/C20H33N3O3S/c1-16-8-13-23(14-9-16)12-4-10-21-20(24)7-11-22-27(25,26)19-6-5-17(2)18(3)15-19/h5-6,15-16,22H,4,7-14H2,1-3H3,(H,21,24). The van der Waals surface area contributed by atoms with E-state index in [0.29, 0.717) is 6.54 Å². The molecule has 2 rings (SSSR count). The van der Waals surface area contributed by atoms with Crippen LogP contribution in [0.25, 0.3) is 0 Å². The van der Waals surface area contributed by atoms with Gasteiger partial charge in [0.15, 0.2) is 0 Å². The van der Waals surface area contributed by atoms with Gasteiger partial charge in [0, 0.05) is 19.5 Å². The molecule has 1 aromatic rings. The lowest BCUT2D eigenvalue weighted by atomic mass is 9.99. The fourth-order valence-electron chi connectivity index (χ4n) is 3.17. The number of amides is 1. The summed E-state index contributed by atoms with van der Waals surface area (Å²) in [6, 6.07) is 5.03. The van der Waals surface area contributed by atoms with Crippen LogP contribution in [0.15, 0.2) is 23.1 Å². The molecule has 1 saturated heterocycles. The van der Waals surface area contributed by atoms with Gasteiger partial charge in [-0.15, -0.1) is 0 Å². The largest absolute Gasteiger partial charge is 0.356 e. The van der Waals surface area contributed by atoms with Crippen molar-refractivity contribution >= 4 is 15.9 Å². The molecule has 0 unspecified atom stereocenters. The van der Waals surface area contributed by atoms with Crippen LogP contribution in [-0.2, 0) is 14.8 Å². The number of hydrogen-bond donors (Lipinski definition) is 2. The first-order valence-corrected chi connectivity index (χ1v) is 11.3. The summed E-state index contributed by atoms with van der Waals surface area (Å²) in [7, 11) is -3.58. The van der Waals surface area contributed by atoms with Crippen molar-refractivity contribution in [3.05, 3.63) is 29.3 Å². The Morgan fingerprint density at radius 1 is 1.15 bits per heavy atom. The molecular formula is C20H33N3O3S. The molecular weight excluding hydrogens is 362 g/mol. The van der Waals surface area contributed by atoms with E-state index >= 15 is 0 Å². The first-order chi connectivity index (χ1) is 12.8. The van der Waals surface area contributed by atoms with E-state index in [2.05, 4.69) is 21.9 Å². The van der Waals surface area contributed by atoms with Crippen LogP contribution >= 0.6 is 0 Å². The third-order valence-corrected chi connectivity index (χ3v) is 6.74. The zero-order chi connectivity index (χ0) is 19.9. The van der Waals surface area contributed by atoms with E-state index in [4.69, 9.17) is 0 Å². The Bertz CT molecular complexity index is 726. The smallest absolute Gasteiger partial charge is 0.240 e. The summed E-state index contributed by atoms with van der Waals surface area (Å²) in [4.78, 5) is 14.6. The lowest BCUT2D eigenvalue weighted by molar-refractivity contribution is -0.120. The van der Waals surface area contributed by atoms with Crippen molar-refractivity contribution in [3.8, 4) is 0 Å². The Labute approximate surface area is 163 Å². The van der Waals surface area contributed by atoms with Gasteiger partial charge in [-0.25, -0.2) is 13.1 Å². The second kappa shape index (κ2) is 10.2. The highest BCUT2D eigenvalue weighted by molar-refractivity contribution is 7.89. The lowest BCUT2D eigenvalue weighted by Gasteiger charge is -2.30. The normalized spacial score (nSPS) is 16.4. The molecule has 0 bridgehead atoms. The van der Waals surface area contributed by atoms with Gasteiger partial charge in [0.05, 0.1) is 4.90 Å². The van der Waals surface area contributed by atoms with E-state index in [1.165, 1.54) is 12.8 Å². The number of carbonyl (C=O) groups is 1. The average Bonchev–Trinajstić information content (AvgIpc) is 2.62. The van der Waals surface area contributed by atoms with Crippen LogP contribution in [0.3, 0.4) is 0 Å².